The van der Waals surface area contributed by atoms with Gasteiger partial charge < -0.3 is 0 Å². The summed E-state index contributed by atoms with van der Waals surface area (Å²) >= 11 is 0. The first-order chi connectivity index (χ1) is 6.27. The first kappa shape index (κ1) is 8.08. The number of hydrogen-bond donors (Lipinski definition) is 0. The minimum Gasteiger partial charge on any atom is -0.0996 e. The van der Waals surface area contributed by atoms with Crippen LogP contribution >= 0.6 is 0 Å². The van der Waals surface area contributed by atoms with E-state index in [0.717, 1.165) is 29.6 Å². The van der Waals surface area contributed by atoms with Crippen molar-refractivity contribution in [1.82, 2.24) is 0 Å². The molecular weight excluding hydrogens is 156 g/mol. The molecule has 3 fully saturated rings. The summed E-state index contributed by atoms with van der Waals surface area (Å²) in [5.74, 6) is 5.18. The Kier molecular flexibility index (Phi) is 1.63. The van der Waals surface area contributed by atoms with E-state index in [4.69, 9.17) is 0 Å². The van der Waals surface area contributed by atoms with Crippen molar-refractivity contribution in [3.63, 3.8) is 0 Å². The van der Waals surface area contributed by atoms with Crippen LogP contribution in [0.1, 0.15) is 39.0 Å². The van der Waals surface area contributed by atoms with E-state index in [1.54, 1.807) is 12.0 Å². The van der Waals surface area contributed by atoms with E-state index in [0.29, 0.717) is 0 Å². The molecule has 0 aromatic heterocycles. The molecule has 3 rings (SSSR count). The van der Waals surface area contributed by atoms with Crippen LogP contribution in [0.4, 0.5) is 0 Å². The van der Waals surface area contributed by atoms with Crippen LogP contribution in [-0.2, 0) is 0 Å². The Morgan fingerprint density at radius 3 is 2.92 bits per heavy atom. The van der Waals surface area contributed by atoms with Gasteiger partial charge in [-0.3, -0.25) is 0 Å². The molecule has 0 bridgehead atoms. The minimum atomic E-state index is 0.924. The monoisotopic (exact) mass is 176 g/mol. The van der Waals surface area contributed by atoms with Gasteiger partial charge in [0, 0.05) is 0 Å². The molecule has 0 heteroatoms. The van der Waals surface area contributed by atoms with Crippen LogP contribution in [0, 0.1) is 29.6 Å². The topological polar surface area (TPSA) is 0 Å². The molecule has 3 aliphatic carbocycles. The van der Waals surface area contributed by atoms with Gasteiger partial charge in [0.2, 0.25) is 0 Å². The zero-order valence-corrected chi connectivity index (χ0v) is 8.63. The smallest absolute Gasteiger partial charge is 0.0172 e. The molecule has 0 aliphatic heterocycles. The molecule has 0 nitrogen and oxygen atoms in total. The molecule has 0 heterocycles. The van der Waals surface area contributed by atoms with Crippen molar-refractivity contribution in [3.05, 3.63) is 12.2 Å². The van der Waals surface area contributed by atoms with Crippen LogP contribution in [0.15, 0.2) is 12.2 Å². The highest BCUT2D eigenvalue weighted by Crippen LogP contribution is 2.60. The molecule has 13 heavy (non-hydrogen) atoms. The van der Waals surface area contributed by atoms with Crippen molar-refractivity contribution in [2.24, 2.45) is 29.6 Å². The summed E-state index contributed by atoms with van der Waals surface area (Å²) in [5, 5.41) is 0. The zero-order valence-electron chi connectivity index (χ0n) is 8.63. The van der Waals surface area contributed by atoms with Gasteiger partial charge in [0.05, 0.1) is 0 Å². The maximum absolute atomic E-state index is 4.31. The third-order valence-electron chi connectivity index (χ3n) is 4.89. The van der Waals surface area contributed by atoms with Crippen molar-refractivity contribution in [2.45, 2.75) is 39.0 Å². The summed E-state index contributed by atoms with van der Waals surface area (Å²) in [6.45, 7) is 6.78. The standard InChI is InChI=1S/C13H20/c1-8-3-5-10-7-12(10)13-9(2)4-6-11(8)13/h9-13H,1,3-7H2,2H3/t9-,10+,11+,12-,13-/m1/s1. The third kappa shape index (κ3) is 1.11. The van der Waals surface area contributed by atoms with Crippen molar-refractivity contribution >= 4 is 0 Å². The SMILES string of the molecule is C=C1CC[C@H]2C[C@H]2[C@@H]2[C@H](C)CC[C@@H]12. The predicted octanol–water partition coefficient (Wildman–Crippen LogP) is 3.63. The van der Waals surface area contributed by atoms with E-state index >= 15 is 0 Å². The van der Waals surface area contributed by atoms with Gasteiger partial charge in [-0.25, -0.2) is 0 Å². The van der Waals surface area contributed by atoms with Crippen molar-refractivity contribution in [2.75, 3.05) is 0 Å². The van der Waals surface area contributed by atoms with E-state index in [-0.39, 0.29) is 0 Å². The van der Waals surface area contributed by atoms with Crippen LogP contribution in [0.3, 0.4) is 0 Å². The Balaban J connectivity index is 1.89. The predicted molar refractivity (Wildman–Crippen MR) is 55.3 cm³/mol. The summed E-state index contributed by atoms with van der Waals surface area (Å²) < 4.78 is 0. The Bertz CT molecular complexity index is 240. The maximum Gasteiger partial charge on any atom is -0.0172 e. The summed E-state index contributed by atoms with van der Waals surface area (Å²) in [6, 6.07) is 0. The lowest BCUT2D eigenvalue weighted by molar-refractivity contribution is 0.311. The summed E-state index contributed by atoms with van der Waals surface area (Å²) in [7, 11) is 0. The van der Waals surface area contributed by atoms with Gasteiger partial charge in [-0.05, 0) is 61.7 Å². The van der Waals surface area contributed by atoms with Crippen LogP contribution in [-0.4, -0.2) is 0 Å². The highest BCUT2D eigenvalue weighted by molar-refractivity contribution is 5.14. The van der Waals surface area contributed by atoms with E-state index in [2.05, 4.69) is 13.5 Å². The molecule has 0 aromatic carbocycles. The average molecular weight is 176 g/mol. The molecule has 0 spiro atoms. The average Bonchev–Trinajstić information content (AvgIpc) is 2.78. The Morgan fingerprint density at radius 1 is 1.23 bits per heavy atom. The van der Waals surface area contributed by atoms with Crippen LogP contribution in [0.2, 0.25) is 0 Å². The Labute approximate surface area is 81.4 Å². The molecule has 3 saturated carbocycles. The van der Waals surface area contributed by atoms with Gasteiger partial charge in [-0.15, -0.1) is 0 Å². The maximum atomic E-state index is 4.31. The van der Waals surface area contributed by atoms with Gasteiger partial charge in [-0.2, -0.15) is 0 Å². The lowest BCUT2D eigenvalue weighted by Gasteiger charge is -2.22. The van der Waals surface area contributed by atoms with Gasteiger partial charge in [0.1, 0.15) is 0 Å². The Hall–Kier alpha value is -0.260. The van der Waals surface area contributed by atoms with E-state index in [9.17, 15) is 0 Å². The number of allylic oxidation sites excluding steroid dienone is 1. The summed E-state index contributed by atoms with van der Waals surface area (Å²) in [5.41, 5.74) is 1.60. The minimum absolute atomic E-state index is 0.924. The van der Waals surface area contributed by atoms with Crippen LogP contribution in [0.25, 0.3) is 0 Å². The molecule has 3 aliphatic rings. The van der Waals surface area contributed by atoms with Crippen molar-refractivity contribution < 1.29 is 0 Å². The van der Waals surface area contributed by atoms with E-state index < -0.39 is 0 Å². The largest absolute Gasteiger partial charge is 0.0996 e. The van der Waals surface area contributed by atoms with Gasteiger partial charge >= 0.3 is 0 Å². The van der Waals surface area contributed by atoms with E-state index in [1.807, 2.05) is 0 Å². The quantitative estimate of drug-likeness (QED) is 0.494. The molecular formula is C13H20. The Morgan fingerprint density at radius 2 is 2.08 bits per heavy atom. The van der Waals surface area contributed by atoms with Gasteiger partial charge in [0.15, 0.2) is 0 Å². The highest BCUT2D eigenvalue weighted by atomic mass is 14.6. The second kappa shape index (κ2) is 2.62. The van der Waals surface area contributed by atoms with Crippen LogP contribution in [0.5, 0.6) is 0 Å². The number of rotatable bonds is 0. The normalized spacial score (nSPS) is 53.9. The summed E-state index contributed by atoms with van der Waals surface area (Å²) in [4.78, 5) is 0. The molecule has 72 valence electrons. The first-order valence-corrected chi connectivity index (χ1v) is 5.95. The van der Waals surface area contributed by atoms with Gasteiger partial charge in [-0.1, -0.05) is 19.1 Å². The lowest BCUT2D eigenvalue weighted by atomic mass is 9.83. The second-order valence-electron chi connectivity index (χ2n) is 5.60. The molecule has 0 N–H and O–H groups in total. The second-order valence-corrected chi connectivity index (χ2v) is 5.60. The van der Waals surface area contributed by atoms with E-state index in [1.165, 1.54) is 25.7 Å². The molecule has 0 radical (unpaired) electrons. The first-order valence-electron chi connectivity index (χ1n) is 5.95. The molecule has 0 amide bonds. The highest BCUT2D eigenvalue weighted by Gasteiger charge is 2.51. The fraction of sp³-hybridized carbons (Fsp3) is 0.846. The fourth-order valence-electron chi connectivity index (χ4n) is 4.05. The van der Waals surface area contributed by atoms with Crippen molar-refractivity contribution in [1.29, 1.82) is 0 Å². The molecule has 5 atom stereocenters. The number of fused-ring (bicyclic) bond motifs is 3. The molecule has 0 unspecified atom stereocenters. The molecule has 0 saturated heterocycles. The fourth-order valence-corrected chi connectivity index (χ4v) is 4.05. The van der Waals surface area contributed by atoms with Gasteiger partial charge in [0.25, 0.3) is 0 Å². The number of hydrogen-bond acceptors (Lipinski definition) is 0. The summed E-state index contributed by atoms with van der Waals surface area (Å²) in [6.07, 6.45) is 7.28. The van der Waals surface area contributed by atoms with Crippen molar-refractivity contribution in [3.8, 4) is 0 Å². The molecule has 0 aromatic rings. The van der Waals surface area contributed by atoms with Crippen LogP contribution < -0.4 is 0 Å². The zero-order chi connectivity index (χ0) is 9.00. The third-order valence-corrected chi connectivity index (χ3v) is 4.89. The lowest BCUT2D eigenvalue weighted by Crippen LogP contribution is -2.16.